The van der Waals surface area contributed by atoms with Crippen molar-refractivity contribution in [3.8, 4) is 5.88 Å². The topological polar surface area (TPSA) is 49.8 Å². The third-order valence-electron chi connectivity index (χ3n) is 4.52. The average molecular weight is 349 g/mol. The molecule has 2 fully saturated rings. The van der Waals surface area contributed by atoms with Crippen LogP contribution in [0.3, 0.4) is 0 Å². The van der Waals surface area contributed by atoms with Crippen molar-refractivity contribution in [2.45, 2.75) is 38.0 Å². The number of hydrogen-bond acceptors (Lipinski definition) is 4. The monoisotopic (exact) mass is 348 g/mol. The van der Waals surface area contributed by atoms with Crippen LogP contribution < -0.4 is 10.1 Å². The summed E-state index contributed by atoms with van der Waals surface area (Å²) in [4.78, 5) is 11.2. The maximum absolute atomic E-state index is 5.69. The second-order valence-corrected chi connectivity index (χ2v) is 7.92. The van der Waals surface area contributed by atoms with E-state index in [4.69, 9.17) is 4.74 Å². The van der Waals surface area contributed by atoms with Crippen LogP contribution >= 0.6 is 11.8 Å². The fourth-order valence-electron chi connectivity index (χ4n) is 2.76. The molecule has 24 heavy (non-hydrogen) atoms. The lowest BCUT2D eigenvalue weighted by Gasteiger charge is -2.34. The molecule has 1 saturated heterocycles. The highest BCUT2D eigenvalue weighted by atomic mass is 32.2. The van der Waals surface area contributed by atoms with Gasteiger partial charge in [-0.25, -0.2) is 4.98 Å². The van der Waals surface area contributed by atoms with E-state index >= 15 is 0 Å². The predicted octanol–water partition coefficient (Wildman–Crippen LogP) is 2.77. The predicted molar refractivity (Wildman–Crippen MR) is 101 cm³/mol. The molecular weight excluding hydrogens is 320 g/mol. The van der Waals surface area contributed by atoms with Gasteiger partial charge in [0.25, 0.3) is 0 Å². The molecule has 5 nitrogen and oxygen atoms in total. The lowest BCUT2D eigenvalue weighted by Crippen LogP contribution is -2.47. The molecule has 1 aliphatic carbocycles. The Morgan fingerprint density at radius 3 is 3.00 bits per heavy atom. The van der Waals surface area contributed by atoms with Gasteiger partial charge in [0.1, 0.15) is 0 Å². The van der Waals surface area contributed by atoms with Gasteiger partial charge in [0, 0.05) is 49.9 Å². The van der Waals surface area contributed by atoms with E-state index in [0.717, 1.165) is 49.6 Å². The van der Waals surface area contributed by atoms with Gasteiger partial charge in [0.15, 0.2) is 5.96 Å². The number of guanidine groups is 1. The Bertz CT molecular complexity index is 544. The average Bonchev–Trinajstić information content (AvgIpc) is 3.46. The van der Waals surface area contributed by atoms with Crippen LogP contribution in [0.2, 0.25) is 0 Å². The van der Waals surface area contributed by atoms with Gasteiger partial charge >= 0.3 is 0 Å². The summed E-state index contributed by atoms with van der Waals surface area (Å²) in [6, 6.07) is 4.04. The molecule has 6 heteroatoms. The first kappa shape index (κ1) is 17.4. The van der Waals surface area contributed by atoms with Crippen molar-refractivity contribution in [1.29, 1.82) is 0 Å². The minimum absolute atomic E-state index is 0.710. The van der Waals surface area contributed by atoms with Gasteiger partial charge in [-0.3, -0.25) is 4.99 Å². The largest absolute Gasteiger partial charge is 0.477 e. The Balaban J connectivity index is 1.47. The Labute approximate surface area is 149 Å². The van der Waals surface area contributed by atoms with Crippen molar-refractivity contribution in [1.82, 2.24) is 15.2 Å². The van der Waals surface area contributed by atoms with E-state index in [1.54, 1.807) is 0 Å². The molecule has 0 spiro atoms. The van der Waals surface area contributed by atoms with Gasteiger partial charge in [-0.2, -0.15) is 11.8 Å². The first-order chi connectivity index (χ1) is 11.8. The molecule has 3 rings (SSSR count). The van der Waals surface area contributed by atoms with Crippen molar-refractivity contribution in [2.75, 3.05) is 32.5 Å². The highest BCUT2D eigenvalue weighted by Crippen LogP contribution is 2.29. The van der Waals surface area contributed by atoms with Crippen molar-refractivity contribution >= 4 is 17.7 Å². The van der Waals surface area contributed by atoms with Gasteiger partial charge in [-0.05, 0) is 30.7 Å². The molecule has 132 valence electrons. The Morgan fingerprint density at radius 2 is 2.33 bits per heavy atom. The summed E-state index contributed by atoms with van der Waals surface area (Å²) in [5, 5.41) is 4.18. The third kappa shape index (κ3) is 5.03. The second-order valence-electron chi connectivity index (χ2n) is 6.51. The molecule has 1 saturated carbocycles. The maximum atomic E-state index is 5.69. The summed E-state index contributed by atoms with van der Waals surface area (Å²) >= 11 is 2.07. The quantitative estimate of drug-likeness (QED) is 0.633. The summed E-state index contributed by atoms with van der Waals surface area (Å²) in [7, 11) is 1.86. The van der Waals surface area contributed by atoms with Crippen LogP contribution in [0.4, 0.5) is 0 Å². The molecule has 1 aliphatic heterocycles. The number of thioether (sulfide) groups is 1. The second kappa shape index (κ2) is 8.60. The third-order valence-corrected chi connectivity index (χ3v) is 5.89. The zero-order valence-corrected chi connectivity index (χ0v) is 15.5. The van der Waals surface area contributed by atoms with E-state index in [2.05, 4.69) is 44.9 Å². The number of pyridine rings is 1. The number of aromatic nitrogens is 1. The molecular formula is C18H28N4OS. The Kier molecular flexibility index (Phi) is 6.24. The molecule has 2 aliphatic rings. The first-order valence-corrected chi connectivity index (χ1v) is 9.98. The van der Waals surface area contributed by atoms with Crippen LogP contribution in [0.25, 0.3) is 0 Å². The molecule has 1 aromatic heterocycles. The van der Waals surface area contributed by atoms with Crippen molar-refractivity contribution in [2.24, 2.45) is 10.9 Å². The maximum Gasteiger partial charge on any atom is 0.213 e. The minimum atomic E-state index is 0.710. The van der Waals surface area contributed by atoms with E-state index in [9.17, 15) is 0 Å². The Morgan fingerprint density at radius 1 is 1.46 bits per heavy atom. The fourth-order valence-corrected chi connectivity index (χ4v) is 3.94. The van der Waals surface area contributed by atoms with Crippen LogP contribution in [0.5, 0.6) is 5.88 Å². The standard InChI is InChI=1S/C18H28N4OS/c1-3-16-12-22(8-9-24-16)18(19-2)21-11-15-6-7-17(20-10-15)23-13-14-4-5-14/h6-7,10,14,16H,3-5,8-9,11-13H2,1-2H3,(H,19,21). The lowest BCUT2D eigenvalue weighted by atomic mass is 10.3. The lowest BCUT2D eigenvalue weighted by molar-refractivity contribution is 0.288. The first-order valence-electron chi connectivity index (χ1n) is 8.93. The van der Waals surface area contributed by atoms with Gasteiger partial charge in [-0.15, -0.1) is 0 Å². The summed E-state index contributed by atoms with van der Waals surface area (Å²) < 4.78 is 5.69. The molecule has 2 heterocycles. The molecule has 1 aromatic rings. The smallest absolute Gasteiger partial charge is 0.213 e. The van der Waals surface area contributed by atoms with Gasteiger partial charge in [-0.1, -0.05) is 13.0 Å². The van der Waals surface area contributed by atoms with E-state index in [0.29, 0.717) is 5.25 Å². The molecule has 0 radical (unpaired) electrons. The van der Waals surface area contributed by atoms with Crippen molar-refractivity contribution in [3.05, 3.63) is 23.9 Å². The molecule has 0 bridgehead atoms. The number of aliphatic imine (C=N–C) groups is 1. The van der Waals surface area contributed by atoms with Crippen LogP contribution in [0.1, 0.15) is 31.7 Å². The molecule has 1 N–H and O–H groups in total. The molecule has 1 atom stereocenters. The zero-order chi connectivity index (χ0) is 16.8. The van der Waals surface area contributed by atoms with Crippen LogP contribution in [0, 0.1) is 5.92 Å². The molecule has 1 unspecified atom stereocenters. The summed E-state index contributed by atoms with van der Waals surface area (Å²) in [6.45, 7) is 5.95. The minimum Gasteiger partial charge on any atom is -0.477 e. The normalized spacial score (nSPS) is 21.7. The number of ether oxygens (including phenoxy) is 1. The summed E-state index contributed by atoms with van der Waals surface area (Å²) in [5.41, 5.74) is 1.15. The zero-order valence-electron chi connectivity index (χ0n) is 14.7. The van der Waals surface area contributed by atoms with Gasteiger partial charge < -0.3 is 15.0 Å². The Hall–Kier alpha value is -1.43. The summed E-state index contributed by atoms with van der Waals surface area (Å²) in [5.74, 6) is 3.65. The number of nitrogens with one attached hydrogen (secondary N) is 1. The van der Waals surface area contributed by atoms with Crippen LogP contribution in [0.15, 0.2) is 23.3 Å². The number of hydrogen-bond donors (Lipinski definition) is 1. The SMILES string of the molecule is CCC1CN(C(=NC)NCc2ccc(OCC3CC3)nc2)CCS1. The van der Waals surface area contributed by atoms with Crippen molar-refractivity contribution in [3.63, 3.8) is 0 Å². The van der Waals surface area contributed by atoms with Gasteiger partial charge in [0.05, 0.1) is 6.61 Å². The van der Waals surface area contributed by atoms with E-state index in [1.807, 2.05) is 19.3 Å². The molecule has 0 aromatic carbocycles. The highest BCUT2D eigenvalue weighted by Gasteiger charge is 2.22. The highest BCUT2D eigenvalue weighted by molar-refractivity contribution is 8.00. The van der Waals surface area contributed by atoms with E-state index in [-0.39, 0.29) is 0 Å². The number of rotatable bonds is 6. The van der Waals surface area contributed by atoms with E-state index < -0.39 is 0 Å². The molecule has 0 amide bonds. The van der Waals surface area contributed by atoms with E-state index in [1.165, 1.54) is 25.0 Å². The van der Waals surface area contributed by atoms with Crippen LogP contribution in [-0.4, -0.2) is 53.6 Å². The fraction of sp³-hybridized carbons (Fsp3) is 0.667. The summed E-state index contributed by atoms with van der Waals surface area (Å²) in [6.07, 6.45) is 5.71. The van der Waals surface area contributed by atoms with Crippen molar-refractivity contribution < 1.29 is 4.74 Å². The number of nitrogens with zero attached hydrogens (tertiary/aromatic N) is 3. The van der Waals surface area contributed by atoms with Crippen LogP contribution in [-0.2, 0) is 6.54 Å². The van der Waals surface area contributed by atoms with Gasteiger partial charge in [0.2, 0.25) is 5.88 Å².